The van der Waals surface area contributed by atoms with Gasteiger partial charge in [-0.05, 0) is 75.5 Å². The highest BCUT2D eigenvalue weighted by Crippen LogP contribution is 2.44. The summed E-state index contributed by atoms with van der Waals surface area (Å²) in [5.41, 5.74) is 5.18. The molecule has 1 saturated heterocycles. The zero-order valence-corrected chi connectivity index (χ0v) is 23.9. The first kappa shape index (κ1) is 27.2. The molecule has 1 atom stereocenters. The first-order chi connectivity index (χ1) is 19.0. The average Bonchev–Trinajstić information content (AvgIpc) is 3.49. The molecule has 1 fully saturated rings. The number of carbonyl (C=O) groups is 1. The van der Waals surface area contributed by atoms with Gasteiger partial charge in [0.15, 0.2) is 0 Å². The van der Waals surface area contributed by atoms with Gasteiger partial charge in [0.05, 0.1) is 24.6 Å². The number of aromatic nitrogens is 1. The van der Waals surface area contributed by atoms with Gasteiger partial charge in [0.2, 0.25) is 0 Å². The van der Waals surface area contributed by atoms with Crippen molar-refractivity contribution in [2.24, 2.45) is 0 Å². The number of rotatable bonds is 9. The molecule has 0 bridgehead atoms. The highest BCUT2D eigenvalue weighted by atomic mass is 32.1. The number of allylic oxidation sites excluding steroid dienone is 1. The summed E-state index contributed by atoms with van der Waals surface area (Å²) in [7, 11) is 0. The van der Waals surface area contributed by atoms with E-state index in [4.69, 9.17) is 14.5 Å². The molecule has 3 aromatic rings. The molecule has 5 nitrogen and oxygen atoms in total. The molecule has 0 amide bonds. The lowest BCUT2D eigenvalue weighted by Gasteiger charge is -2.39. The summed E-state index contributed by atoms with van der Waals surface area (Å²) in [5, 5.41) is 0.991. The summed E-state index contributed by atoms with van der Waals surface area (Å²) < 4.78 is 11.2. The van der Waals surface area contributed by atoms with Crippen LogP contribution in [0.3, 0.4) is 0 Å². The quantitative estimate of drug-likeness (QED) is 0.225. The van der Waals surface area contributed by atoms with E-state index in [1.165, 1.54) is 16.0 Å². The number of piperidine rings is 1. The third kappa shape index (κ3) is 6.27. The fourth-order valence-electron chi connectivity index (χ4n) is 5.64. The molecule has 2 aromatic carbocycles. The minimum absolute atomic E-state index is 0.184. The summed E-state index contributed by atoms with van der Waals surface area (Å²) >= 11 is 1.75. The summed E-state index contributed by atoms with van der Waals surface area (Å²) in [6.07, 6.45) is 7.31. The van der Waals surface area contributed by atoms with E-state index < -0.39 is 0 Å². The summed E-state index contributed by atoms with van der Waals surface area (Å²) in [5.74, 6) is 6.41. The number of thiazole rings is 1. The van der Waals surface area contributed by atoms with Crippen LogP contribution in [0.4, 0.5) is 0 Å². The Kier molecular flexibility index (Phi) is 8.50. The van der Waals surface area contributed by atoms with Crippen molar-refractivity contribution in [2.75, 3.05) is 19.7 Å². The van der Waals surface area contributed by atoms with Gasteiger partial charge >= 0.3 is 5.97 Å². The third-order valence-electron chi connectivity index (χ3n) is 7.77. The maximum atomic E-state index is 12.0. The Hall–Kier alpha value is -3.40. The lowest BCUT2D eigenvalue weighted by molar-refractivity contribution is -0.143. The molecule has 0 N–H and O–H groups in total. The first-order valence-electron chi connectivity index (χ1n) is 13.8. The molecule has 5 rings (SSSR count). The standard InChI is InChI=1S/C33H36N2O3S/c1-4-8-27(21-32(36)37-5-2)25-11-13-28(14-12-25)38-23-31-34-24(3)30(39-31)22-35-19-17-33(18-20-35)16-15-26-9-6-7-10-29(26)33/h6-7,9-16,27H,5,17-23H2,1-3H3/t27-/m0/s1. The monoisotopic (exact) mass is 540 g/mol. The van der Waals surface area contributed by atoms with Crippen LogP contribution in [0, 0.1) is 18.8 Å². The van der Waals surface area contributed by atoms with E-state index in [9.17, 15) is 4.79 Å². The molecule has 0 unspecified atom stereocenters. The second-order valence-electron chi connectivity index (χ2n) is 10.3. The van der Waals surface area contributed by atoms with E-state index in [1.54, 1.807) is 18.3 Å². The Morgan fingerprint density at radius 2 is 1.92 bits per heavy atom. The highest BCUT2D eigenvalue weighted by molar-refractivity contribution is 7.11. The van der Waals surface area contributed by atoms with Crippen molar-refractivity contribution in [3.8, 4) is 17.6 Å². The van der Waals surface area contributed by atoms with Gasteiger partial charge in [-0.3, -0.25) is 9.69 Å². The maximum Gasteiger partial charge on any atom is 0.307 e. The molecule has 1 aromatic heterocycles. The van der Waals surface area contributed by atoms with Crippen LogP contribution in [0.15, 0.2) is 54.6 Å². The van der Waals surface area contributed by atoms with Crippen LogP contribution in [-0.2, 0) is 28.1 Å². The van der Waals surface area contributed by atoms with E-state index >= 15 is 0 Å². The zero-order valence-electron chi connectivity index (χ0n) is 23.0. The number of esters is 1. The van der Waals surface area contributed by atoms with E-state index in [-0.39, 0.29) is 23.7 Å². The molecule has 6 heteroatoms. The van der Waals surface area contributed by atoms with E-state index in [0.717, 1.165) is 54.5 Å². The lowest BCUT2D eigenvalue weighted by Crippen LogP contribution is -2.40. The van der Waals surface area contributed by atoms with Crippen LogP contribution in [0.25, 0.3) is 6.08 Å². The number of hydrogen-bond acceptors (Lipinski definition) is 6. The van der Waals surface area contributed by atoms with Crippen molar-refractivity contribution in [2.45, 2.75) is 64.5 Å². The van der Waals surface area contributed by atoms with Crippen LogP contribution in [0.1, 0.15) is 71.3 Å². The molecule has 1 aliphatic carbocycles. The van der Waals surface area contributed by atoms with Gasteiger partial charge in [0.25, 0.3) is 0 Å². The minimum atomic E-state index is -0.231. The largest absolute Gasteiger partial charge is 0.486 e. The molecule has 202 valence electrons. The van der Waals surface area contributed by atoms with Crippen LogP contribution in [0.5, 0.6) is 5.75 Å². The number of carbonyl (C=O) groups excluding carboxylic acids is 1. The Morgan fingerprint density at radius 1 is 1.15 bits per heavy atom. The number of aryl methyl sites for hydroxylation is 1. The zero-order chi connectivity index (χ0) is 27.2. The predicted octanol–water partition coefficient (Wildman–Crippen LogP) is 6.65. The Labute approximate surface area is 235 Å². The Balaban J connectivity index is 1.14. The topological polar surface area (TPSA) is 51.7 Å². The summed E-state index contributed by atoms with van der Waals surface area (Å²) in [6.45, 7) is 9.64. The van der Waals surface area contributed by atoms with E-state index in [2.05, 4.69) is 60.1 Å². The average molecular weight is 541 g/mol. The number of likely N-dealkylation sites (tertiary alicyclic amines) is 1. The lowest BCUT2D eigenvalue weighted by atomic mass is 9.74. The molecule has 0 saturated carbocycles. The van der Waals surface area contributed by atoms with E-state index in [0.29, 0.717) is 13.2 Å². The molecular weight excluding hydrogens is 504 g/mol. The fourth-order valence-corrected chi connectivity index (χ4v) is 6.66. The molecule has 39 heavy (non-hydrogen) atoms. The molecule has 1 aliphatic heterocycles. The summed E-state index contributed by atoms with van der Waals surface area (Å²) in [6, 6.07) is 16.7. The Morgan fingerprint density at radius 3 is 2.67 bits per heavy atom. The van der Waals surface area contributed by atoms with Gasteiger partial charge in [0, 0.05) is 16.8 Å². The van der Waals surface area contributed by atoms with Crippen molar-refractivity contribution in [1.82, 2.24) is 9.88 Å². The first-order valence-corrected chi connectivity index (χ1v) is 14.6. The fraction of sp³-hybridized carbons (Fsp3) is 0.394. The molecular formula is C33H36N2O3S. The Bertz CT molecular complexity index is 1390. The third-order valence-corrected chi connectivity index (χ3v) is 8.89. The predicted molar refractivity (Wildman–Crippen MR) is 157 cm³/mol. The van der Waals surface area contributed by atoms with Gasteiger partial charge in [0.1, 0.15) is 17.4 Å². The van der Waals surface area contributed by atoms with Gasteiger partial charge in [-0.2, -0.15) is 0 Å². The van der Waals surface area contributed by atoms with Gasteiger partial charge in [-0.15, -0.1) is 17.3 Å². The molecule has 1 spiro atoms. The number of fused-ring (bicyclic) bond motifs is 2. The van der Waals surface area contributed by atoms with Crippen LogP contribution in [0.2, 0.25) is 0 Å². The maximum absolute atomic E-state index is 12.0. The van der Waals surface area contributed by atoms with E-state index in [1.807, 2.05) is 31.2 Å². The molecule has 2 heterocycles. The van der Waals surface area contributed by atoms with Crippen molar-refractivity contribution < 1.29 is 14.3 Å². The smallest absolute Gasteiger partial charge is 0.307 e. The van der Waals surface area contributed by atoms with Crippen LogP contribution < -0.4 is 4.74 Å². The van der Waals surface area contributed by atoms with Gasteiger partial charge < -0.3 is 9.47 Å². The van der Waals surface area contributed by atoms with Crippen molar-refractivity contribution in [3.63, 3.8) is 0 Å². The van der Waals surface area contributed by atoms with Gasteiger partial charge in [-0.25, -0.2) is 4.98 Å². The second kappa shape index (κ2) is 12.2. The van der Waals surface area contributed by atoms with Crippen molar-refractivity contribution in [3.05, 3.63) is 86.9 Å². The van der Waals surface area contributed by atoms with Crippen LogP contribution >= 0.6 is 11.3 Å². The second-order valence-corrected chi connectivity index (χ2v) is 11.5. The number of ether oxygens (including phenoxy) is 2. The highest BCUT2D eigenvalue weighted by Gasteiger charge is 2.37. The number of benzene rings is 2. The van der Waals surface area contributed by atoms with Crippen molar-refractivity contribution in [1.29, 1.82) is 0 Å². The van der Waals surface area contributed by atoms with Crippen LogP contribution in [-0.4, -0.2) is 35.5 Å². The van der Waals surface area contributed by atoms with Gasteiger partial charge in [-0.1, -0.05) is 54.5 Å². The van der Waals surface area contributed by atoms with Crippen molar-refractivity contribution >= 4 is 23.4 Å². The SMILES string of the molecule is CC#C[C@@H](CC(=O)OCC)c1ccc(OCc2nc(C)c(CN3CCC4(C=Cc5ccccc54)CC3)s2)cc1. The summed E-state index contributed by atoms with van der Waals surface area (Å²) in [4.78, 5) is 20.6. The number of nitrogens with zero attached hydrogens (tertiary/aromatic N) is 2. The number of hydrogen-bond donors (Lipinski definition) is 0. The molecule has 2 aliphatic rings. The molecule has 0 radical (unpaired) electrons. The minimum Gasteiger partial charge on any atom is -0.486 e. The normalized spacial score (nSPS) is 16.4.